The third-order valence-corrected chi connectivity index (χ3v) is 4.44. The third-order valence-electron chi connectivity index (χ3n) is 4.44. The summed E-state index contributed by atoms with van der Waals surface area (Å²) < 4.78 is 0. The Morgan fingerprint density at radius 3 is 2.36 bits per heavy atom. The summed E-state index contributed by atoms with van der Waals surface area (Å²) in [6, 6.07) is 19.1. The Hall–Kier alpha value is -2.09. The Kier molecular flexibility index (Phi) is 4.57. The number of carbonyl (C=O) groups excluding carboxylic acids is 1. The summed E-state index contributed by atoms with van der Waals surface area (Å²) in [6.45, 7) is 3.02. The molecule has 2 nitrogen and oxygen atoms in total. The van der Waals surface area contributed by atoms with Crippen molar-refractivity contribution >= 4 is 17.2 Å². The summed E-state index contributed by atoms with van der Waals surface area (Å²) >= 11 is 0. The van der Waals surface area contributed by atoms with Gasteiger partial charge in [-0.2, -0.15) is 0 Å². The number of ketones is 1. The molecule has 0 radical (unpaired) electrons. The second kappa shape index (κ2) is 6.78. The first-order valence-electron chi connectivity index (χ1n) is 8.13. The fourth-order valence-corrected chi connectivity index (χ4v) is 3.22. The Balaban J connectivity index is 1.86. The van der Waals surface area contributed by atoms with Crippen LogP contribution in [0.5, 0.6) is 0 Å². The number of Topliss-reactive ketones (excluding diaryl/α,β-unsaturated/α-hetero) is 1. The van der Waals surface area contributed by atoms with Crippen molar-refractivity contribution in [1.29, 1.82) is 0 Å². The second-order valence-corrected chi connectivity index (χ2v) is 6.28. The van der Waals surface area contributed by atoms with E-state index in [2.05, 4.69) is 60.4 Å². The summed E-state index contributed by atoms with van der Waals surface area (Å²) in [7, 11) is 0. The van der Waals surface area contributed by atoms with Crippen molar-refractivity contribution < 1.29 is 4.79 Å². The Labute approximate surface area is 132 Å². The molecule has 0 N–H and O–H groups in total. The average molecular weight is 293 g/mol. The number of aryl methyl sites for hydroxylation is 1. The van der Waals surface area contributed by atoms with Gasteiger partial charge in [-0.05, 0) is 49.9 Å². The molecule has 0 aromatic heterocycles. The van der Waals surface area contributed by atoms with Gasteiger partial charge >= 0.3 is 0 Å². The van der Waals surface area contributed by atoms with Crippen LogP contribution in [0.4, 0.5) is 11.4 Å². The molecule has 2 aromatic carbocycles. The van der Waals surface area contributed by atoms with Gasteiger partial charge in [0.15, 0.2) is 0 Å². The predicted molar refractivity (Wildman–Crippen MR) is 91.6 cm³/mol. The minimum absolute atomic E-state index is 0.424. The highest BCUT2D eigenvalue weighted by Gasteiger charge is 2.22. The van der Waals surface area contributed by atoms with E-state index < -0.39 is 0 Å². The zero-order valence-electron chi connectivity index (χ0n) is 13.2. The first-order valence-corrected chi connectivity index (χ1v) is 8.13. The van der Waals surface area contributed by atoms with Gasteiger partial charge in [-0.3, -0.25) is 4.79 Å². The number of anilines is 2. The molecule has 22 heavy (non-hydrogen) atoms. The fourth-order valence-electron chi connectivity index (χ4n) is 3.22. The lowest BCUT2D eigenvalue weighted by Crippen LogP contribution is -2.28. The molecule has 2 aromatic rings. The maximum atomic E-state index is 11.8. The lowest BCUT2D eigenvalue weighted by Gasteiger charge is -2.31. The summed E-state index contributed by atoms with van der Waals surface area (Å²) in [4.78, 5) is 14.1. The minimum atomic E-state index is 0.424. The summed E-state index contributed by atoms with van der Waals surface area (Å²) in [5, 5.41) is 0. The van der Waals surface area contributed by atoms with Gasteiger partial charge in [-0.25, -0.2) is 0 Å². The zero-order valence-corrected chi connectivity index (χ0v) is 13.2. The number of nitrogens with zero attached hydrogens (tertiary/aromatic N) is 1. The molecule has 0 bridgehead atoms. The smallest absolute Gasteiger partial charge is 0.133 e. The molecule has 2 heteroatoms. The summed E-state index contributed by atoms with van der Waals surface area (Å²) in [5.74, 6) is 0.885. The van der Waals surface area contributed by atoms with E-state index in [9.17, 15) is 4.79 Å². The molecule has 1 aliphatic rings. The van der Waals surface area contributed by atoms with Gasteiger partial charge in [0.05, 0.1) is 0 Å². The molecule has 0 amide bonds. The van der Waals surface area contributed by atoms with Crippen LogP contribution in [0.3, 0.4) is 0 Å². The van der Waals surface area contributed by atoms with E-state index in [1.54, 1.807) is 0 Å². The lowest BCUT2D eigenvalue weighted by molar-refractivity contribution is -0.121. The highest BCUT2D eigenvalue weighted by atomic mass is 16.1. The molecular formula is C20H23NO. The Bertz CT molecular complexity index is 618. The average Bonchev–Trinajstić information content (AvgIpc) is 2.55. The summed E-state index contributed by atoms with van der Waals surface area (Å²) in [5.41, 5.74) is 3.67. The topological polar surface area (TPSA) is 20.3 Å². The molecule has 3 rings (SSSR count). The van der Waals surface area contributed by atoms with Crippen LogP contribution >= 0.6 is 0 Å². The second-order valence-electron chi connectivity index (χ2n) is 6.28. The van der Waals surface area contributed by atoms with Gasteiger partial charge < -0.3 is 4.90 Å². The van der Waals surface area contributed by atoms with Gasteiger partial charge in [0, 0.05) is 30.8 Å². The number of hydrogen-bond acceptors (Lipinski definition) is 2. The van der Waals surface area contributed by atoms with Crippen LogP contribution in [0.25, 0.3) is 0 Å². The maximum Gasteiger partial charge on any atom is 0.133 e. The molecule has 0 saturated heterocycles. The highest BCUT2D eigenvalue weighted by molar-refractivity contribution is 5.79. The third kappa shape index (κ3) is 3.56. The number of benzene rings is 2. The lowest BCUT2D eigenvalue weighted by atomic mass is 9.87. The summed E-state index contributed by atoms with van der Waals surface area (Å²) in [6.07, 6.45) is 3.70. The van der Waals surface area contributed by atoms with Crippen LogP contribution in [-0.4, -0.2) is 12.3 Å². The van der Waals surface area contributed by atoms with Gasteiger partial charge in [0.1, 0.15) is 5.78 Å². The van der Waals surface area contributed by atoms with Crippen molar-refractivity contribution in [3.63, 3.8) is 0 Å². The van der Waals surface area contributed by atoms with Crippen LogP contribution in [0.1, 0.15) is 31.2 Å². The molecule has 0 spiro atoms. The first-order chi connectivity index (χ1) is 10.7. The van der Waals surface area contributed by atoms with Crippen LogP contribution in [-0.2, 0) is 4.79 Å². The predicted octanol–water partition coefficient (Wildman–Crippen LogP) is 4.89. The fraction of sp³-hybridized carbons (Fsp3) is 0.350. The van der Waals surface area contributed by atoms with E-state index in [1.165, 1.54) is 16.9 Å². The van der Waals surface area contributed by atoms with E-state index in [-0.39, 0.29) is 0 Å². The van der Waals surface area contributed by atoms with E-state index in [0.29, 0.717) is 11.7 Å². The molecular weight excluding hydrogens is 270 g/mol. The normalized spacial score (nSPS) is 18.2. The van der Waals surface area contributed by atoms with Gasteiger partial charge in [-0.15, -0.1) is 0 Å². The molecule has 114 valence electrons. The molecule has 0 heterocycles. The van der Waals surface area contributed by atoms with E-state index in [1.807, 2.05) is 6.07 Å². The minimum Gasteiger partial charge on any atom is -0.341 e. The van der Waals surface area contributed by atoms with Crippen molar-refractivity contribution in [2.75, 3.05) is 11.4 Å². The largest absolute Gasteiger partial charge is 0.341 e. The highest BCUT2D eigenvalue weighted by Crippen LogP contribution is 2.30. The molecule has 0 aliphatic heterocycles. The van der Waals surface area contributed by atoms with Gasteiger partial charge in [-0.1, -0.05) is 35.9 Å². The maximum absolute atomic E-state index is 11.8. The number of hydrogen-bond donors (Lipinski definition) is 0. The standard InChI is InChI=1S/C20H23NO/c1-16-10-12-19(13-11-16)21(18-7-3-2-4-8-18)15-17-6-5-9-20(22)14-17/h2-4,7-8,10-13,17H,5-6,9,14-15H2,1H3. The number of rotatable bonds is 4. The van der Waals surface area contributed by atoms with Crippen molar-refractivity contribution in [1.82, 2.24) is 0 Å². The SMILES string of the molecule is Cc1ccc(N(CC2CCCC(=O)C2)c2ccccc2)cc1. The quantitative estimate of drug-likeness (QED) is 0.799. The van der Waals surface area contributed by atoms with E-state index in [0.717, 1.165) is 32.2 Å². The van der Waals surface area contributed by atoms with Crippen LogP contribution < -0.4 is 4.90 Å². The van der Waals surface area contributed by atoms with Crippen LogP contribution in [0.2, 0.25) is 0 Å². The molecule has 1 atom stereocenters. The molecule has 1 aliphatic carbocycles. The van der Waals surface area contributed by atoms with Crippen molar-refractivity contribution in [3.05, 3.63) is 60.2 Å². The van der Waals surface area contributed by atoms with Gasteiger partial charge in [0.25, 0.3) is 0 Å². The monoisotopic (exact) mass is 293 g/mol. The van der Waals surface area contributed by atoms with Crippen LogP contribution in [0.15, 0.2) is 54.6 Å². The van der Waals surface area contributed by atoms with E-state index in [4.69, 9.17) is 0 Å². The van der Waals surface area contributed by atoms with Crippen molar-refractivity contribution in [3.8, 4) is 0 Å². The Morgan fingerprint density at radius 2 is 1.68 bits per heavy atom. The number of carbonyl (C=O) groups is 1. The van der Waals surface area contributed by atoms with Crippen molar-refractivity contribution in [2.45, 2.75) is 32.6 Å². The molecule has 1 fully saturated rings. The first kappa shape index (κ1) is 14.8. The van der Waals surface area contributed by atoms with Crippen molar-refractivity contribution in [2.24, 2.45) is 5.92 Å². The van der Waals surface area contributed by atoms with Gasteiger partial charge in [0.2, 0.25) is 0 Å². The molecule has 1 unspecified atom stereocenters. The number of para-hydroxylation sites is 1. The van der Waals surface area contributed by atoms with E-state index >= 15 is 0 Å². The zero-order chi connectivity index (χ0) is 15.4. The Morgan fingerprint density at radius 1 is 1.00 bits per heavy atom. The van der Waals surface area contributed by atoms with Crippen LogP contribution in [0, 0.1) is 12.8 Å². The molecule has 1 saturated carbocycles.